The SMILES string of the molecule is N#Cc1c(Cl)cccc1NC1(CN)CCCC1. The Morgan fingerprint density at radius 3 is 2.71 bits per heavy atom. The highest BCUT2D eigenvalue weighted by Gasteiger charge is 2.32. The van der Waals surface area contributed by atoms with Crippen molar-refractivity contribution in [1.82, 2.24) is 0 Å². The second-order valence-electron chi connectivity index (χ2n) is 4.59. The van der Waals surface area contributed by atoms with Gasteiger partial charge in [0.1, 0.15) is 6.07 Å². The number of nitrogens with two attached hydrogens (primary N) is 1. The van der Waals surface area contributed by atoms with Crippen LogP contribution in [0.15, 0.2) is 18.2 Å². The Morgan fingerprint density at radius 1 is 1.41 bits per heavy atom. The molecule has 3 nitrogen and oxygen atoms in total. The number of nitrogens with zero attached hydrogens (tertiary/aromatic N) is 1. The van der Waals surface area contributed by atoms with Gasteiger partial charge in [-0.1, -0.05) is 30.5 Å². The van der Waals surface area contributed by atoms with Crippen LogP contribution in [0.2, 0.25) is 5.02 Å². The largest absolute Gasteiger partial charge is 0.377 e. The molecule has 1 aromatic carbocycles. The van der Waals surface area contributed by atoms with E-state index in [0.29, 0.717) is 17.1 Å². The van der Waals surface area contributed by atoms with Gasteiger partial charge in [-0.25, -0.2) is 0 Å². The van der Waals surface area contributed by atoms with Crippen LogP contribution in [0.4, 0.5) is 5.69 Å². The third kappa shape index (κ3) is 2.38. The lowest BCUT2D eigenvalue weighted by Gasteiger charge is -2.30. The smallest absolute Gasteiger partial charge is 0.103 e. The summed E-state index contributed by atoms with van der Waals surface area (Å²) in [4.78, 5) is 0. The van der Waals surface area contributed by atoms with E-state index < -0.39 is 0 Å². The molecule has 0 amide bonds. The monoisotopic (exact) mass is 249 g/mol. The van der Waals surface area contributed by atoms with E-state index in [1.54, 1.807) is 6.07 Å². The molecule has 1 aromatic rings. The van der Waals surface area contributed by atoms with E-state index in [1.807, 2.05) is 12.1 Å². The summed E-state index contributed by atoms with van der Waals surface area (Å²) < 4.78 is 0. The predicted octanol–water partition coefficient (Wildman–Crippen LogP) is 2.90. The van der Waals surface area contributed by atoms with E-state index in [0.717, 1.165) is 18.5 Å². The first-order valence-electron chi connectivity index (χ1n) is 5.88. The Labute approximate surface area is 107 Å². The van der Waals surface area contributed by atoms with E-state index in [9.17, 15) is 0 Å². The van der Waals surface area contributed by atoms with Crippen LogP contribution < -0.4 is 11.1 Å². The number of nitriles is 1. The van der Waals surface area contributed by atoms with Gasteiger partial charge < -0.3 is 11.1 Å². The summed E-state index contributed by atoms with van der Waals surface area (Å²) >= 11 is 6.01. The van der Waals surface area contributed by atoms with Crippen LogP contribution in [0, 0.1) is 11.3 Å². The molecule has 3 N–H and O–H groups in total. The van der Waals surface area contributed by atoms with Gasteiger partial charge in [-0.05, 0) is 25.0 Å². The summed E-state index contributed by atoms with van der Waals surface area (Å²) in [5, 5.41) is 13.0. The molecule has 0 aliphatic heterocycles. The number of anilines is 1. The maximum absolute atomic E-state index is 9.12. The molecular weight excluding hydrogens is 234 g/mol. The molecule has 0 aromatic heterocycles. The van der Waals surface area contributed by atoms with Gasteiger partial charge in [0.15, 0.2) is 0 Å². The van der Waals surface area contributed by atoms with Crippen molar-refractivity contribution in [2.75, 3.05) is 11.9 Å². The summed E-state index contributed by atoms with van der Waals surface area (Å²) in [6, 6.07) is 7.62. The molecular formula is C13H16ClN3. The van der Waals surface area contributed by atoms with Crippen molar-refractivity contribution < 1.29 is 0 Å². The normalized spacial score (nSPS) is 17.7. The second kappa shape index (κ2) is 4.95. The molecule has 1 aliphatic rings. The third-order valence-corrected chi connectivity index (χ3v) is 3.79. The molecule has 1 fully saturated rings. The van der Waals surface area contributed by atoms with Crippen LogP contribution in [-0.4, -0.2) is 12.1 Å². The number of hydrogen-bond acceptors (Lipinski definition) is 3. The van der Waals surface area contributed by atoms with Crippen molar-refractivity contribution in [2.45, 2.75) is 31.2 Å². The Morgan fingerprint density at radius 2 is 2.12 bits per heavy atom. The summed E-state index contributed by atoms with van der Waals surface area (Å²) in [7, 11) is 0. The standard InChI is InChI=1S/C13H16ClN3/c14-11-4-3-5-12(10(11)8-15)17-13(9-16)6-1-2-7-13/h3-5,17H,1-2,6-7,9,16H2. The first kappa shape index (κ1) is 12.2. The highest BCUT2D eigenvalue weighted by molar-refractivity contribution is 6.32. The molecule has 0 spiro atoms. The maximum atomic E-state index is 9.12. The summed E-state index contributed by atoms with van der Waals surface area (Å²) in [6.45, 7) is 0.588. The molecule has 0 atom stereocenters. The molecule has 90 valence electrons. The van der Waals surface area contributed by atoms with Gasteiger partial charge in [-0.15, -0.1) is 0 Å². The topological polar surface area (TPSA) is 61.8 Å². The average molecular weight is 250 g/mol. The first-order valence-corrected chi connectivity index (χ1v) is 6.25. The van der Waals surface area contributed by atoms with E-state index >= 15 is 0 Å². The Balaban J connectivity index is 2.30. The zero-order valence-electron chi connectivity index (χ0n) is 9.67. The molecule has 0 heterocycles. The fraction of sp³-hybridized carbons (Fsp3) is 0.462. The maximum Gasteiger partial charge on any atom is 0.103 e. The van der Waals surface area contributed by atoms with Crippen molar-refractivity contribution >= 4 is 17.3 Å². The van der Waals surface area contributed by atoms with E-state index in [-0.39, 0.29) is 5.54 Å². The van der Waals surface area contributed by atoms with Gasteiger partial charge in [-0.3, -0.25) is 0 Å². The minimum atomic E-state index is -0.0592. The van der Waals surface area contributed by atoms with Crippen LogP contribution >= 0.6 is 11.6 Å². The lowest BCUT2D eigenvalue weighted by atomic mass is 9.96. The lowest BCUT2D eigenvalue weighted by molar-refractivity contribution is 0.493. The van der Waals surface area contributed by atoms with Gasteiger partial charge in [0.05, 0.1) is 16.3 Å². The van der Waals surface area contributed by atoms with Gasteiger partial charge >= 0.3 is 0 Å². The van der Waals surface area contributed by atoms with Crippen LogP contribution in [0.1, 0.15) is 31.2 Å². The highest BCUT2D eigenvalue weighted by atomic mass is 35.5. The van der Waals surface area contributed by atoms with Crippen molar-refractivity contribution in [1.29, 1.82) is 5.26 Å². The quantitative estimate of drug-likeness (QED) is 0.866. The van der Waals surface area contributed by atoms with E-state index in [2.05, 4.69) is 11.4 Å². The van der Waals surface area contributed by atoms with E-state index in [4.69, 9.17) is 22.6 Å². The van der Waals surface area contributed by atoms with Gasteiger partial charge in [0, 0.05) is 12.1 Å². The van der Waals surface area contributed by atoms with Crippen molar-refractivity contribution in [3.63, 3.8) is 0 Å². The lowest BCUT2D eigenvalue weighted by Crippen LogP contribution is -2.43. The Hall–Kier alpha value is -1.24. The number of nitrogens with one attached hydrogen (secondary N) is 1. The van der Waals surface area contributed by atoms with Gasteiger partial charge in [0.2, 0.25) is 0 Å². The molecule has 2 rings (SSSR count). The van der Waals surface area contributed by atoms with Crippen molar-refractivity contribution in [3.8, 4) is 6.07 Å². The molecule has 4 heteroatoms. The number of halogens is 1. The molecule has 1 aliphatic carbocycles. The van der Waals surface area contributed by atoms with Crippen LogP contribution in [0.5, 0.6) is 0 Å². The zero-order chi connectivity index (χ0) is 12.3. The van der Waals surface area contributed by atoms with Gasteiger partial charge in [-0.2, -0.15) is 5.26 Å². The Kier molecular flexibility index (Phi) is 3.56. The summed E-state index contributed by atoms with van der Waals surface area (Å²) in [5.74, 6) is 0. The van der Waals surface area contributed by atoms with Gasteiger partial charge in [0.25, 0.3) is 0 Å². The third-order valence-electron chi connectivity index (χ3n) is 3.48. The fourth-order valence-electron chi connectivity index (χ4n) is 2.46. The second-order valence-corrected chi connectivity index (χ2v) is 5.00. The summed E-state index contributed by atoms with van der Waals surface area (Å²) in [6.07, 6.45) is 4.49. The highest BCUT2D eigenvalue weighted by Crippen LogP contribution is 2.34. The van der Waals surface area contributed by atoms with Crippen molar-refractivity contribution in [2.24, 2.45) is 5.73 Å². The molecule has 0 saturated heterocycles. The number of benzene rings is 1. The van der Waals surface area contributed by atoms with Crippen LogP contribution in [0.3, 0.4) is 0 Å². The van der Waals surface area contributed by atoms with Crippen LogP contribution in [0.25, 0.3) is 0 Å². The fourth-order valence-corrected chi connectivity index (χ4v) is 2.68. The first-order chi connectivity index (χ1) is 8.21. The predicted molar refractivity (Wildman–Crippen MR) is 70.0 cm³/mol. The number of hydrogen-bond donors (Lipinski definition) is 2. The zero-order valence-corrected chi connectivity index (χ0v) is 10.4. The molecule has 0 bridgehead atoms. The molecule has 17 heavy (non-hydrogen) atoms. The van der Waals surface area contributed by atoms with Crippen molar-refractivity contribution in [3.05, 3.63) is 28.8 Å². The minimum absolute atomic E-state index is 0.0592. The molecule has 0 radical (unpaired) electrons. The molecule has 1 saturated carbocycles. The minimum Gasteiger partial charge on any atom is -0.377 e. The van der Waals surface area contributed by atoms with E-state index in [1.165, 1.54) is 12.8 Å². The number of rotatable bonds is 3. The molecule has 0 unspecified atom stereocenters. The Bertz CT molecular complexity index is 444. The average Bonchev–Trinajstić information content (AvgIpc) is 2.79. The van der Waals surface area contributed by atoms with Crippen LogP contribution in [-0.2, 0) is 0 Å². The summed E-state index contributed by atoms with van der Waals surface area (Å²) in [5.41, 5.74) is 7.12.